The SMILES string of the molecule is C=CC[C@H]1[C@@H]2C[C@@H]2C(=S)N1CCC(=O)C=[N+]=[N-]. The van der Waals surface area contributed by atoms with Crippen LogP contribution < -0.4 is 0 Å². The summed E-state index contributed by atoms with van der Waals surface area (Å²) < 4.78 is 0. The molecule has 1 heterocycles. The molecule has 1 aliphatic carbocycles. The van der Waals surface area contributed by atoms with Crippen molar-refractivity contribution in [2.24, 2.45) is 11.8 Å². The number of piperidine rings is 1. The standard InChI is InChI=1S/C12H15N3OS/c1-2-3-11-9-6-10(9)12(17)15(11)5-4-8(16)7-14-13/h2,7,9-11H,1,3-6H2/t9-,10+,11+/m1/s1. The van der Waals surface area contributed by atoms with E-state index in [0.717, 1.165) is 17.6 Å². The molecule has 90 valence electrons. The van der Waals surface area contributed by atoms with E-state index < -0.39 is 0 Å². The Bertz CT molecular complexity index is 414. The maximum atomic E-state index is 11.3. The Morgan fingerprint density at radius 1 is 1.71 bits per heavy atom. The summed E-state index contributed by atoms with van der Waals surface area (Å²) in [4.78, 5) is 17.1. The van der Waals surface area contributed by atoms with Crippen molar-refractivity contribution in [3.63, 3.8) is 0 Å². The van der Waals surface area contributed by atoms with Crippen LogP contribution in [-0.4, -0.2) is 39.3 Å². The van der Waals surface area contributed by atoms with Crippen LogP contribution in [0.25, 0.3) is 5.53 Å². The summed E-state index contributed by atoms with van der Waals surface area (Å²) >= 11 is 5.41. The van der Waals surface area contributed by atoms with Crippen molar-refractivity contribution in [2.75, 3.05) is 6.54 Å². The first-order chi connectivity index (χ1) is 8.19. The smallest absolute Gasteiger partial charge is 0.323 e. The van der Waals surface area contributed by atoms with Gasteiger partial charge < -0.3 is 10.4 Å². The lowest BCUT2D eigenvalue weighted by molar-refractivity contribution is -0.116. The molecular formula is C12H15N3OS. The molecule has 4 nitrogen and oxygen atoms in total. The Kier molecular flexibility index (Phi) is 3.50. The number of carbonyl (C=O) groups is 1. The van der Waals surface area contributed by atoms with Gasteiger partial charge in [-0.3, -0.25) is 4.79 Å². The number of nitrogens with zero attached hydrogens (tertiary/aromatic N) is 3. The number of thiocarbonyl (C=S) groups is 1. The van der Waals surface area contributed by atoms with E-state index >= 15 is 0 Å². The number of hydrogen-bond acceptors (Lipinski definition) is 2. The van der Waals surface area contributed by atoms with Gasteiger partial charge in [-0.15, -0.1) is 6.58 Å². The lowest BCUT2D eigenvalue weighted by Crippen LogP contribution is -2.37. The molecule has 17 heavy (non-hydrogen) atoms. The molecule has 5 heteroatoms. The van der Waals surface area contributed by atoms with Gasteiger partial charge in [0.15, 0.2) is 0 Å². The summed E-state index contributed by atoms with van der Waals surface area (Å²) in [5.41, 5.74) is 8.26. The fraction of sp³-hybridized carbons (Fsp3) is 0.583. The zero-order valence-corrected chi connectivity index (χ0v) is 10.4. The van der Waals surface area contributed by atoms with Gasteiger partial charge in [0.25, 0.3) is 0 Å². The van der Waals surface area contributed by atoms with Gasteiger partial charge in [0, 0.05) is 24.9 Å². The molecule has 0 aromatic rings. The Hall–Kier alpha value is -1.32. The van der Waals surface area contributed by atoms with Crippen LogP contribution in [0, 0.1) is 11.8 Å². The minimum absolute atomic E-state index is 0.173. The predicted octanol–water partition coefficient (Wildman–Crippen LogP) is 1.47. The van der Waals surface area contributed by atoms with Gasteiger partial charge in [-0.05, 0) is 18.8 Å². The minimum atomic E-state index is -0.173. The van der Waals surface area contributed by atoms with E-state index in [2.05, 4.69) is 16.3 Å². The normalized spacial score (nSPS) is 29.5. The average molecular weight is 249 g/mol. The van der Waals surface area contributed by atoms with Crippen molar-refractivity contribution in [3.05, 3.63) is 18.2 Å². The van der Waals surface area contributed by atoms with Gasteiger partial charge in [-0.1, -0.05) is 18.3 Å². The van der Waals surface area contributed by atoms with Crippen molar-refractivity contribution >= 4 is 29.2 Å². The first kappa shape index (κ1) is 12.1. The van der Waals surface area contributed by atoms with Crippen LogP contribution in [0.1, 0.15) is 19.3 Å². The molecule has 1 saturated heterocycles. The highest BCUT2D eigenvalue weighted by Crippen LogP contribution is 2.52. The number of ketones is 1. The number of Topliss-reactive ketones (excluding diaryl/α,β-unsaturated/α-hetero) is 1. The molecule has 3 atom stereocenters. The second-order valence-corrected chi connectivity index (χ2v) is 5.01. The largest absolute Gasteiger partial charge is 0.362 e. The molecule has 0 bridgehead atoms. The summed E-state index contributed by atoms with van der Waals surface area (Å²) in [5.74, 6) is 1.05. The second kappa shape index (κ2) is 4.90. The van der Waals surface area contributed by atoms with Crippen molar-refractivity contribution in [3.8, 4) is 0 Å². The predicted molar refractivity (Wildman–Crippen MR) is 68.8 cm³/mol. The van der Waals surface area contributed by atoms with Crippen LogP contribution in [-0.2, 0) is 4.79 Å². The van der Waals surface area contributed by atoms with Gasteiger partial charge in [-0.25, -0.2) is 0 Å². The number of likely N-dealkylation sites (tertiary alicyclic amines) is 1. The second-order valence-electron chi connectivity index (χ2n) is 4.59. The van der Waals surface area contributed by atoms with E-state index in [1.807, 2.05) is 6.08 Å². The third-order valence-electron chi connectivity index (χ3n) is 3.54. The highest BCUT2D eigenvalue weighted by Gasteiger charge is 2.55. The molecule has 1 aliphatic heterocycles. The van der Waals surface area contributed by atoms with Crippen LogP contribution in [0.4, 0.5) is 0 Å². The monoisotopic (exact) mass is 249 g/mol. The molecule has 1 saturated carbocycles. The lowest BCUT2D eigenvalue weighted by Gasteiger charge is -2.28. The third kappa shape index (κ3) is 2.35. The average Bonchev–Trinajstić information content (AvgIpc) is 3.03. The first-order valence-electron chi connectivity index (χ1n) is 5.80. The molecule has 0 aromatic carbocycles. The van der Waals surface area contributed by atoms with Crippen LogP contribution in [0.15, 0.2) is 12.7 Å². The van der Waals surface area contributed by atoms with Gasteiger partial charge in [0.2, 0.25) is 5.78 Å². The maximum absolute atomic E-state index is 11.3. The summed E-state index contributed by atoms with van der Waals surface area (Å²) in [7, 11) is 0. The highest BCUT2D eigenvalue weighted by molar-refractivity contribution is 7.80. The van der Waals surface area contributed by atoms with E-state index in [1.165, 1.54) is 6.42 Å². The maximum Gasteiger partial charge on any atom is 0.323 e. The molecule has 0 spiro atoms. The third-order valence-corrected chi connectivity index (χ3v) is 4.08. The van der Waals surface area contributed by atoms with Gasteiger partial charge >= 0.3 is 6.21 Å². The molecule has 0 unspecified atom stereocenters. The fourth-order valence-electron chi connectivity index (χ4n) is 2.64. The molecule has 0 radical (unpaired) electrons. The molecular weight excluding hydrogens is 234 g/mol. The highest BCUT2D eigenvalue weighted by atomic mass is 32.1. The fourth-order valence-corrected chi connectivity index (χ4v) is 3.14. The van der Waals surface area contributed by atoms with E-state index in [9.17, 15) is 4.79 Å². The quantitative estimate of drug-likeness (QED) is 0.235. The van der Waals surface area contributed by atoms with Crippen LogP contribution in [0.3, 0.4) is 0 Å². The molecule has 2 rings (SSSR count). The zero-order valence-electron chi connectivity index (χ0n) is 9.58. The van der Waals surface area contributed by atoms with Crippen molar-refractivity contribution < 1.29 is 9.58 Å². The van der Waals surface area contributed by atoms with Crippen molar-refractivity contribution in [2.45, 2.75) is 25.3 Å². The van der Waals surface area contributed by atoms with E-state index in [1.54, 1.807) is 0 Å². The summed E-state index contributed by atoms with van der Waals surface area (Å²) in [5, 5.41) is 0. The zero-order chi connectivity index (χ0) is 12.4. The molecule has 2 fully saturated rings. The molecule has 0 amide bonds. The summed E-state index contributed by atoms with van der Waals surface area (Å²) in [6, 6.07) is 0.420. The van der Waals surface area contributed by atoms with Gasteiger partial charge in [-0.2, -0.15) is 4.79 Å². The van der Waals surface area contributed by atoms with Crippen LogP contribution >= 0.6 is 12.2 Å². The summed E-state index contributed by atoms with van der Waals surface area (Å²) in [6.45, 7) is 4.39. The Morgan fingerprint density at radius 2 is 2.47 bits per heavy atom. The van der Waals surface area contributed by atoms with Gasteiger partial charge in [0.05, 0.1) is 4.99 Å². The van der Waals surface area contributed by atoms with Gasteiger partial charge in [0.1, 0.15) is 0 Å². The van der Waals surface area contributed by atoms with Crippen molar-refractivity contribution in [1.29, 1.82) is 0 Å². The van der Waals surface area contributed by atoms with Crippen LogP contribution in [0.5, 0.6) is 0 Å². The number of hydrogen-bond donors (Lipinski definition) is 0. The number of carbonyl (C=O) groups excluding carboxylic acids is 1. The molecule has 0 aromatic heterocycles. The lowest BCUT2D eigenvalue weighted by atomic mass is 10.1. The first-order valence-corrected chi connectivity index (χ1v) is 6.21. The Balaban J connectivity index is 1.94. The topological polar surface area (TPSA) is 56.7 Å². The Morgan fingerprint density at radius 3 is 3.12 bits per heavy atom. The minimum Gasteiger partial charge on any atom is -0.362 e. The van der Waals surface area contributed by atoms with E-state index in [4.69, 9.17) is 17.7 Å². The van der Waals surface area contributed by atoms with E-state index in [-0.39, 0.29) is 5.78 Å². The Labute approximate surface area is 106 Å². The summed E-state index contributed by atoms with van der Waals surface area (Å²) in [6.07, 6.45) is 5.32. The van der Waals surface area contributed by atoms with Crippen LogP contribution in [0.2, 0.25) is 0 Å². The molecule has 2 aliphatic rings. The van der Waals surface area contributed by atoms with Crippen molar-refractivity contribution in [1.82, 2.24) is 4.90 Å². The van der Waals surface area contributed by atoms with E-state index in [0.29, 0.717) is 30.8 Å². The number of rotatable bonds is 6. The number of fused-ring (bicyclic) bond motifs is 1. The molecule has 0 N–H and O–H groups in total.